The first-order chi connectivity index (χ1) is 9.63. The molecule has 9 heteroatoms. The van der Waals surface area contributed by atoms with Crippen molar-refractivity contribution in [2.45, 2.75) is 0 Å². The van der Waals surface area contributed by atoms with Crippen LogP contribution in [0.5, 0.6) is 0 Å². The molecule has 0 aliphatic carbocycles. The monoisotopic (exact) mass is 344 g/mol. The van der Waals surface area contributed by atoms with Gasteiger partial charge in [0.05, 0.1) is 15.8 Å². The Morgan fingerprint density at radius 1 is 1.25 bits per heavy atom. The van der Waals surface area contributed by atoms with E-state index >= 15 is 0 Å². The Morgan fingerprint density at radius 2 is 2.00 bits per heavy atom. The molecule has 1 aliphatic heterocycles. The lowest BCUT2D eigenvalue weighted by molar-refractivity contribution is -0.116. The van der Waals surface area contributed by atoms with E-state index in [-0.39, 0.29) is 5.91 Å². The summed E-state index contributed by atoms with van der Waals surface area (Å²) in [5, 5.41) is 13.2. The Bertz CT molecular complexity index is 696. The van der Waals surface area contributed by atoms with Crippen molar-refractivity contribution in [1.82, 2.24) is 15.5 Å². The zero-order valence-corrected chi connectivity index (χ0v) is 12.9. The maximum Gasteiger partial charge on any atom is 0.236 e. The van der Waals surface area contributed by atoms with Crippen LogP contribution in [0, 0.1) is 0 Å². The third kappa shape index (κ3) is 2.80. The average molecular weight is 345 g/mol. The number of nitrogens with zero attached hydrogens (tertiary/aromatic N) is 3. The van der Waals surface area contributed by atoms with Crippen molar-refractivity contribution >= 4 is 62.5 Å². The molecule has 0 spiro atoms. The van der Waals surface area contributed by atoms with Crippen molar-refractivity contribution in [3.63, 3.8) is 0 Å². The molecule has 20 heavy (non-hydrogen) atoms. The number of aromatic nitrogens is 2. The molecule has 1 aromatic heterocycles. The Labute approximate surface area is 132 Å². The van der Waals surface area contributed by atoms with E-state index < -0.39 is 0 Å². The van der Waals surface area contributed by atoms with Gasteiger partial charge in [0.1, 0.15) is 0 Å². The lowest BCUT2D eigenvalue weighted by atomic mass is 10.2. The fourth-order valence-electron chi connectivity index (χ4n) is 1.54. The summed E-state index contributed by atoms with van der Waals surface area (Å²) in [5.41, 5.74) is 0.642. The van der Waals surface area contributed by atoms with Gasteiger partial charge in [-0.3, -0.25) is 4.79 Å². The molecule has 0 atom stereocenters. The van der Waals surface area contributed by atoms with Crippen molar-refractivity contribution in [1.29, 1.82) is 0 Å². The number of aliphatic imine (C=N–C) groups is 1. The molecule has 0 saturated carbocycles. The summed E-state index contributed by atoms with van der Waals surface area (Å²) in [6.45, 7) is 0. The van der Waals surface area contributed by atoms with Crippen LogP contribution in [-0.2, 0) is 4.79 Å². The van der Waals surface area contributed by atoms with Crippen molar-refractivity contribution in [3.05, 3.63) is 28.2 Å². The molecule has 2 heterocycles. The van der Waals surface area contributed by atoms with Crippen LogP contribution in [0.3, 0.4) is 0 Å². The SMILES string of the molecule is O=C1CSC(=Nc2nnc(-c3c(Cl)cccc3Cl)s2)N1. The van der Waals surface area contributed by atoms with Gasteiger partial charge < -0.3 is 5.32 Å². The van der Waals surface area contributed by atoms with Crippen LogP contribution in [0.2, 0.25) is 10.0 Å². The van der Waals surface area contributed by atoms with Crippen LogP contribution in [0.1, 0.15) is 0 Å². The molecule has 3 rings (SSSR count). The summed E-state index contributed by atoms with van der Waals surface area (Å²) in [6.07, 6.45) is 0. The first kappa shape index (κ1) is 13.8. The van der Waals surface area contributed by atoms with E-state index in [0.29, 0.717) is 36.7 Å². The number of benzene rings is 1. The molecule has 0 unspecified atom stereocenters. The van der Waals surface area contributed by atoms with E-state index in [1.807, 2.05) is 0 Å². The third-order valence-corrected chi connectivity index (χ3v) is 4.71. The summed E-state index contributed by atoms with van der Waals surface area (Å²) in [7, 11) is 0. The standard InChI is InChI=1S/C11H6Cl2N4OS2/c12-5-2-1-3-6(13)8(5)9-16-17-11(20-9)15-10-14-7(18)4-19-10/h1-3H,4H2,(H,14,15,17,18). The first-order valence-electron chi connectivity index (χ1n) is 5.43. The second-order valence-electron chi connectivity index (χ2n) is 3.74. The maximum absolute atomic E-state index is 11.1. The van der Waals surface area contributed by atoms with Gasteiger partial charge in [-0.1, -0.05) is 52.4 Å². The minimum Gasteiger partial charge on any atom is -0.304 e. The molecule has 0 radical (unpaired) electrons. The third-order valence-electron chi connectivity index (χ3n) is 2.37. The van der Waals surface area contributed by atoms with Gasteiger partial charge in [0, 0.05) is 5.56 Å². The van der Waals surface area contributed by atoms with E-state index in [1.165, 1.54) is 23.1 Å². The summed E-state index contributed by atoms with van der Waals surface area (Å²) in [5.74, 6) is 0.313. The van der Waals surface area contributed by atoms with Gasteiger partial charge in [-0.2, -0.15) is 4.99 Å². The highest BCUT2D eigenvalue weighted by atomic mass is 35.5. The molecule has 102 valence electrons. The van der Waals surface area contributed by atoms with Crippen molar-refractivity contribution in [2.24, 2.45) is 4.99 Å². The van der Waals surface area contributed by atoms with Crippen LogP contribution in [-0.4, -0.2) is 27.0 Å². The van der Waals surface area contributed by atoms with Crippen LogP contribution >= 0.6 is 46.3 Å². The minimum absolute atomic E-state index is 0.0624. The van der Waals surface area contributed by atoms with Gasteiger partial charge in [0.15, 0.2) is 10.2 Å². The largest absolute Gasteiger partial charge is 0.304 e. The number of nitrogens with one attached hydrogen (secondary N) is 1. The molecular formula is C11H6Cl2N4OS2. The normalized spacial score (nSPS) is 16.7. The molecule has 1 fully saturated rings. The molecule has 2 aromatic rings. The van der Waals surface area contributed by atoms with E-state index in [9.17, 15) is 4.79 Å². The van der Waals surface area contributed by atoms with Crippen LogP contribution in [0.25, 0.3) is 10.6 Å². The number of carbonyl (C=O) groups excluding carboxylic acids is 1. The average Bonchev–Trinajstić information content (AvgIpc) is 3.00. The maximum atomic E-state index is 11.1. The van der Waals surface area contributed by atoms with Crippen LogP contribution in [0.4, 0.5) is 5.13 Å². The molecule has 0 bridgehead atoms. The number of carbonyl (C=O) groups is 1. The minimum atomic E-state index is -0.0624. The number of hydrogen-bond acceptors (Lipinski definition) is 6. The topological polar surface area (TPSA) is 67.2 Å². The lowest BCUT2D eigenvalue weighted by Gasteiger charge is -2.01. The highest BCUT2D eigenvalue weighted by Crippen LogP contribution is 2.38. The van der Waals surface area contributed by atoms with Gasteiger partial charge in [-0.25, -0.2) is 0 Å². The molecule has 1 aromatic carbocycles. The molecule has 1 aliphatic rings. The predicted octanol–water partition coefficient (Wildman–Crippen LogP) is 3.36. The quantitative estimate of drug-likeness (QED) is 0.906. The van der Waals surface area contributed by atoms with E-state index in [4.69, 9.17) is 23.2 Å². The predicted molar refractivity (Wildman–Crippen MR) is 83.1 cm³/mol. The second kappa shape index (κ2) is 5.69. The summed E-state index contributed by atoms with van der Waals surface area (Å²) in [4.78, 5) is 15.3. The lowest BCUT2D eigenvalue weighted by Crippen LogP contribution is -2.19. The Morgan fingerprint density at radius 3 is 2.65 bits per heavy atom. The number of halogens is 2. The molecule has 1 amide bonds. The van der Waals surface area contributed by atoms with Gasteiger partial charge in [-0.05, 0) is 12.1 Å². The van der Waals surface area contributed by atoms with E-state index in [0.717, 1.165) is 0 Å². The van der Waals surface area contributed by atoms with Gasteiger partial charge in [0.2, 0.25) is 11.0 Å². The number of hydrogen-bond donors (Lipinski definition) is 1. The van der Waals surface area contributed by atoms with Crippen LogP contribution in [0.15, 0.2) is 23.2 Å². The highest BCUT2D eigenvalue weighted by Gasteiger charge is 2.18. The fourth-order valence-corrected chi connectivity index (χ4v) is 3.75. The summed E-state index contributed by atoms with van der Waals surface area (Å²) in [6, 6.07) is 5.24. The van der Waals surface area contributed by atoms with Gasteiger partial charge >= 0.3 is 0 Å². The first-order valence-corrected chi connectivity index (χ1v) is 7.98. The van der Waals surface area contributed by atoms with Crippen molar-refractivity contribution < 1.29 is 4.79 Å². The number of amides is 1. The molecule has 1 N–H and O–H groups in total. The summed E-state index contributed by atoms with van der Waals surface area (Å²) >= 11 is 14.8. The molecule has 5 nitrogen and oxygen atoms in total. The number of rotatable bonds is 2. The highest BCUT2D eigenvalue weighted by molar-refractivity contribution is 8.15. The molecular weight excluding hydrogens is 339 g/mol. The Balaban J connectivity index is 1.93. The number of amidine groups is 1. The van der Waals surface area contributed by atoms with E-state index in [2.05, 4.69) is 20.5 Å². The van der Waals surface area contributed by atoms with Crippen molar-refractivity contribution in [3.8, 4) is 10.6 Å². The second-order valence-corrected chi connectivity index (χ2v) is 6.47. The van der Waals surface area contributed by atoms with Gasteiger partial charge in [-0.15, -0.1) is 10.2 Å². The Hall–Kier alpha value is -1.15. The summed E-state index contributed by atoms with van der Waals surface area (Å²) < 4.78 is 0. The zero-order chi connectivity index (χ0) is 14.1. The van der Waals surface area contributed by atoms with E-state index in [1.54, 1.807) is 18.2 Å². The van der Waals surface area contributed by atoms with Crippen molar-refractivity contribution in [2.75, 3.05) is 5.75 Å². The number of thioether (sulfide) groups is 1. The van der Waals surface area contributed by atoms with Crippen LogP contribution < -0.4 is 5.32 Å². The zero-order valence-electron chi connectivity index (χ0n) is 9.76. The van der Waals surface area contributed by atoms with Gasteiger partial charge in [0.25, 0.3) is 0 Å². The smallest absolute Gasteiger partial charge is 0.236 e. The molecule has 1 saturated heterocycles. The Kier molecular flexibility index (Phi) is 3.93. The fraction of sp³-hybridized carbons (Fsp3) is 0.0909.